The molecular formula is C15H27ClN2O2. The lowest BCUT2D eigenvalue weighted by Crippen LogP contribution is -2.49. The fraction of sp³-hybridized carbons (Fsp3) is 0.933. The van der Waals surface area contributed by atoms with Gasteiger partial charge in [0.1, 0.15) is 0 Å². The number of halogens is 1. The van der Waals surface area contributed by atoms with Crippen LogP contribution in [0.5, 0.6) is 0 Å². The number of nitrogens with zero attached hydrogens (tertiary/aromatic N) is 1. The van der Waals surface area contributed by atoms with Crippen LogP contribution in [0.4, 0.5) is 0 Å². The summed E-state index contributed by atoms with van der Waals surface area (Å²) >= 11 is 0. The number of carbonyl (C=O) groups excluding carboxylic acids is 1. The Hall–Kier alpha value is -0.320. The lowest BCUT2D eigenvalue weighted by Gasteiger charge is -2.39. The number of rotatable bonds is 3. The van der Waals surface area contributed by atoms with Crippen LogP contribution in [0.25, 0.3) is 0 Å². The van der Waals surface area contributed by atoms with Crippen LogP contribution < -0.4 is 5.32 Å². The Morgan fingerprint density at radius 1 is 1.40 bits per heavy atom. The maximum atomic E-state index is 13.0. The van der Waals surface area contributed by atoms with Crippen molar-refractivity contribution >= 4 is 18.3 Å². The molecule has 3 fully saturated rings. The Labute approximate surface area is 128 Å². The maximum absolute atomic E-state index is 13.0. The second kappa shape index (κ2) is 6.63. The van der Waals surface area contributed by atoms with Gasteiger partial charge in [-0.3, -0.25) is 4.79 Å². The van der Waals surface area contributed by atoms with Crippen LogP contribution in [-0.4, -0.2) is 50.7 Å². The van der Waals surface area contributed by atoms with Gasteiger partial charge in [-0.1, -0.05) is 12.8 Å². The van der Waals surface area contributed by atoms with E-state index in [1.807, 2.05) is 0 Å². The van der Waals surface area contributed by atoms with E-state index in [0.29, 0.717) is 17.7 Å². The van der Waals surface area contributed by atoms with Crippen molar-refractivity contribution in [3.8, 4) is 0 Å². The molecule has 3 aliphatic rings. The first-order valence-corrected chi connectivity index (χ1v) is 7.75. The molecule has 0 bridgehead atoms. The van der Waals surface area contributed by atoms with Gasteiger partial charge in [-0.05, 0) is 31.7 Å². The predicted octanol–water partition coefficient (Wildman–Crippen LogP) is 1.68. The van der Waals surface area contributed by atoms with E-state index < -0.39 is 0 Å². The van der Waals surface area contributed by atoms with Gasteiger partial charge in [0.05, 0.1) is 12.0 Å². The van der Waals surface area contributed by atoms with Crippen molar-refractivity contribution < 1.29 is 9.53 Å². The third-order valence-corrected chi connectivity index (χ3v) is 5.44. The summed E-state index contributed by atoms with van der Waals surface area (Å²) < 4.78 is 5.23. The topological polar surface area (TPSA) is 41.6 Å². The van der Waals surface area contributed by atoms with E-state index in [0.717, 1.165) is 45.6 Å². The lowest BCUT2D eigenvalue weighted by molar-refractivity contribution is -0.144. The van der Waals surface area contributed by atoms with Crippen molar-refractivity contribution in [3.05, 3.63) is 0 Å². The summed E-state index contributed by atoms with van der Waals surface area (Å²) in [7, 11) is 1.75. The smallest absolute Gasteiger partial charge is 0.230 e. The Bertz CT molecular complexity index is 353. The number of ether oxygens (including phenoxy) is 1. The van der Waals surface area contributed by atoms with Crippen LogP contribution in [0.15, 0.2) is 0 Å². The van der Waals surface area contributed by atoms with Crippen molar-refractivity contribution in [2.45, 2.75) is 32.1 Å². The number of hydrogen-bond acceptors (Lipinski definition) is 3. The maximum Gasteiger partial charge on any atom is 0.230 e. The average molecular weight is 303 g/mol. The first-order chi connectivity index (χ1) is 9.26. The second-order valence-electron chi connectivity index (χ2n) is 6.59. The zero-order valence-electron chi connectivity index (χ0n) is 12.4. The molecule has 1 amide bonds. The highest BCUT2D eigenvalue weighted by molar-refractivity contribution is 5.85. The number of fused-ring (bicyclic) bond motifs is 1. The largest absolute Gasteiger partial charge is 0.384 e. The number of carbonyl (C=O) groups is 1. The van der Waals surface area contributed by atoms with Crippen LogP contribution in [0.1, 0.15) is 32.1 Å². The van der Waals surface area contributed by atoms with Crippen molar-refractivity contribution in [2.24, 2.45) is 17.3 Å². The molecule has 2 heterocycles. The molecule has 20 heavy (non-hydrogen) atoms. The summed E-state index contributed by atoms with van der Waals surface area (Å²) in [6, 6.07) is 0. The highest BCUT2D eigenvalue weighted by atomic mass is 35.5. The number of hydrogen-bond donors (Lipinski definition) is 1. The molecule has 1 N–H and O–H groups in total. The molecule has 0 aromatic carbocycles. The van der Waals surface area contributed by atoms with Gasteiger partial charge in [-0.25, -0.2) is 0 Å². The molecule has 0 aromatic heterocycles. The fourth-order valence-corrected chi connectivity index (χ4v) is 4.37. The minimum Gasteiger partial charge on any atom is -0.384 e. The van der Waals surface area contributed by atoms with Gasteiger partial charge in [-0.2, -0.15) is 0 Å². The number of methoxy groups -OCH3 is 1. The molecule has 3 rings (SSSR count). The standard InChI is InChI=1S/C15H26N2O2.ClH/c1-19-10-12-5-7-17(9-12)14(18)15-6-3-2-4-13(15)8-16-11-15;/h12-13,16H,2-11H2,1H3;1H/t12?,13-,15+;/m0./s1. The number of amides is 1. The van der Waals surface area contributed by atoms with E-state index in [1.54, 1.807) is 7.11 Å². The first kappa shape index (κ1) is 16.1. The van der Waals surface area contributed by atoms with Crippen LogP contribution in [0.3, 0.4) is 0 Å². The van der Waals surface area contributed by atoms with E-state index in [9.17, 15) is 4.79 Å². The zero-order chi connectivity index (χ0) is 13.3. The van der Waals surface area contributed by atoms with Gasteiger partial charge in [0.25, 0.3) is 0 Å². The zero-order valence-corrected chi connectivity index (χ0v) is 13.2. The van der Waals surface area contributed by atoms with Crippen molar-refractivity contribution in [3.63, 3.8) is 0 Å². The molecule has 1 aliphatic carbocycles. The highest BCUT2D eigenvalue weighted by Gasteiger charge is 2.52. The molecule has 116 valence electrons. The predicted molar refractivity (Wildman–Crippen MR) is 81.1 cm³/mol. The molecule has 0 spiro atoms. The van der Waals surface area contributed by atoms with E-state index >= 15 is 0 Å². The lowest BCUT2D eigenvalue weighted by atomic mass is 9.67. The van der Waals surface area contributed by atoms with E-state index in [4.69, 9.17) is 4.74 Å². The molecule has 0 radical (unpaired) electrons. The summed E-state index contributed by atoms with van der Waals surface area (Å²) in [4.78, 5) is 15.1. The Morgan fingerprint density at radius 2 is 2.25 bits per heavy atom. The van der Waals surface area contributed by atoms with Crippen LogP contribution in [0.2, 0.25) is 0 Å². The summed E-state index contributed by atoms with van der Waals surface area (Å²) in [5.74, 6) is 1.55. The van der Waals surface area contributed by atoms with Crippen LogP contribution in [0, 0.1) is 17.3 Å². The molecule has 1 saturated carbocycles. The summed E-state index contributed by atoms with van der Waals surface area (Å²) in [6.45, 7) is 4.57. The average Bonchev–Trinajstić information content (AvgIpc) is 3.05. The molecule has 4 nitrogen and oxygen atoms in total. The van der Waals surface area contributed by atoms with E-state index in [-0.39, 0.29) is 17.8 Å². The monoisotopic (exact) mass is 302 g/mol. The third-order valence-electron chi connectivity index (χ3n) is 5.44. The van der Waals surface area contributed by atoms with Crippen LogP contribution >= 0.6 is 12.4 Å². The molecule has 2 saturated heterocycles. The van der Waals surface area contributed by atoms with Gasteiger partial charge < -0.3 is 15.0 Å². The molecular weight excluding hydrogens is 276 g/mol. The Balaban J connectivity index is 0.00000147. The minimum absolute atomic E-state index is 0. The van der Waals surface area contributed by atoms with Gasteiger partial charge >= 0.3 is 0 Å². The van der Waals surface area contributed by atoms with Crippen molar-refractivity contribution in [2.75, 3.05) is 39.9 Å². The highest BCUT2D eigenvalue weighted by Crippen LogP contribution is 2.45. The fourth-order valence-electron chi connectivity index (χ4n) is 4.37. The Kier molecular flexibility index (Phi) is 5.32. The van der Waals surface area contributed by atoms with Gasteiger partial charge in [0.15, 0.2) is 0 Å². The van der Waals surface area contributed by atoms with E-state index in [1.165, 1.54) is 19.3 Å². The van der Waals surface area contributed by atoms with Crippen molar-refractivity contribution in [1.29, 1.82) is 0 Å². The van der Waals surface area contributed by atoms with Gasteiger partial charge in [0.2, 0.25) is 5.91 Å². The van der Waals surface area contributed by atoms with Gasteiger partial charge in [0, 0.05) is 32.7 Å². The van der Waals surface area contributed by atoms with E-state index in [2.05, 4.69) is 10.2 Å². The second-order valence-corrected chi connectivity index (χ2v) is 6.59. The Morgan fingerprint density at radius 3 is 3.05 bits per heavy atom. The van der Waals surface area contributed by atoms with Gasteiger partial charge in [-0.15, -0.1) is 12.4 Å². The summed E-state index contributed by atoms with van der Waals surface area (Å²) in [5, 5.41) is 3.47. The van der Waals surface area contributed by atoms with Crippen LogP contribution in [-0.2, 0) is 9.53 Å². The SMILES string of the molecule is COCC1CCN(C(=O)[C@@]23CCCC[C@H]2CNC3)C1.Cl. The molecule has 3 atom stereocenters. The first-order valence-electron chi connectivity index (χ1n) is 7.75. The molecule has 2 aliphatic heterocycles. The number of likely N-dealkylation sites (tertiary alicyclic amines) is 1. The molecule has 5 heteroatoms. The minimum atomic E-state index is -0.0692. The number of nitrogens with one attached hydrogen (secondary N) is 1. The molecule has 0 aromatic rings. The third kappa shape index (κ3) is 2.70. The quantitative estimate of drug-likeness (QED) is 0.862. The summed E-state index contributed by atoms with van der Waals surface area (Å²) in [5.41, 5.74) is -0.0692. The van der Waals surface area contributed by atoms with Crippen molar-refractivity contribution in [1.82, 2.24) is 10.2 Å². The summed E-state index contributed by atoms with van der Waals surface area (Å²) in [6.07, 6.45) is 5.95. The molecule has 1 unspecified atom stereocenters. The normalized spacial score (nSPS) is 36.5.